The molecule has 0 radical (unpaired) electrons. The van der Waals surface area contributed by atoms with Crippen molar-refractivity contribution in [3.8, 4) is 0 Å². The van der Waals surface area contributed by atoms with Gasteiger partial charge in [-0.2, -0.15) is 0 Å². The molecule has 0 saturated heterocycles. The smallest absolute Gasteiger partial charge is 0.0580 e. The molecule has 2 unspecified atom stereocenters. The van der Waals surface area contributed by atoms with Crippen LogP contribution in [-0.4, -0.2) is 23.9 Å². The van der Waals surface area contributed by atoms with Crippen LogP contribution in [0.3, 0.4) is 0 Å². The van der Waals surface area contributed by atoms with Crippen molar-refractivity contribution in [3.05, 3.63) is 0 Å². The van der Waals surface area contributed by atoms with Gasteiger partial charge in [-0.25, -0.2) is 0 Å². The van der Waals surface area contributed by atoms with E-state index in [1.54, 1.807) is 0 Å². The Kier molecular flexibility index (Phi) is 5.62. The topological polar surface area (TPSA) is 29.5 Å². The fraction of sp³-hybridized carbons (Fsp3) is 1.00. The van der Waals surface area contributed by atoms with Crippen LogP contribution in [0.15, 0.2) is 0 Å². The van der Waals surface area contributed by atoms with E-state index in [4.69, 9.17) is 4.74 Å². The van der Waals surface area contributed by atoms with Crippen molar-refractivity contribution >= 4 is 0 Å². The molecule has 0 aromatic rings. The molecular formula is C13H26O2. The van der Waals surface area contributed by atoms with E-state index in [2.05, 4.69) is 13.8 Å². The van der Waals surface area contributed by atoms with Crippen LogP contribution >= 0.6 is 0 Å². The first-order chi connectivity index (χ1) is 7.17. The summed E-state index contributed by atoms with van der Waals surface area (Å²) in [6.07, 6.45) is 5.98. The number of aliphatic hydroxyl groups is 1. The van der Waals surface area contributed by atoms with Gasteiger partial charge in [-0.1, -0.05) is 20.3 Å². The highest BCUT2D eigenvalue weighted by Crippen LogP contribution is 2.35. The van der Waals surface area contributed by atoms with E-state index >= 15 is 0 Å². The summed E-state index contributed by atoms with van der Waals surface area (Å²) in [6.45, 7) is 7.21. The number of ether oxygens (including phenoxy) is 1. The average Bonchev–Trinajstić information content (AvgIpc) is 2.14. The molecule has 0 spiro atoms. The summed E-state index contributed by atoms with van der Waals surface area (Å²) in [5.74, 6) is 1.16. The van der Waals surface area contributed by atoms with Crippen LogP contribution in [0.25, 0.3) is 0 Å². The van der Waals surface area contributed by atoms with Gasteiger partial charge in [0.15, 0.2) is 0 Å². The van der Waals surface area contributed by atoms with E-state index in [1.807, 2.05) is 6.92 Å². The van der Waals surface area contributed by atoms with Crippen molar-refractivity contribution in [2.75, 3.05) is 6.61 Å². The predicted molar refractivity (Wildman–Crippen MR) is 62.8 cm³/mol. The SMILES string of the molecule is CCCC(C)C(O)CC1CC(OCC)C1. The summed E-state index contributed by atoms with van der Waals surface area (Å²) in [5, 5.41) is 9.96. The van der Waals surface area contributed by atoms with Crippen LogP contribution in [0.4, 0.5) is 0 Å². The summed E-state index contributed by atoms with van der Waals surface area (Å²) in [4.78, 5) is 0. The quantitative estimate of drug-likeness (QED) is 0.706. The van der Waals surface area contributed by atoms with E-state index in [9.17, 15) is 5.11 Å². The van der Waals surface area contributed by atoms with Crippen LogP contribution in [-0.2, 0) is 4.74 Å². The Morgan fingerprint density at radius 1 is 1.33 bits per heavy atom. The lowest BCUT2D eigenvalue weighted by atomic mass is 9.76. The second kappa shape index (κ2) is 6.49. The number of hydrogen-bond donors (Lipinski definition) is 1. The van der Waals surface area contributed by atoms with Gasteiger partial charge in [-0.15, -0.1) is 0 Å². The Balaban J connectivity index is 2.10. The van der Waals surface area contributed by atoms with Gasteiger partial charge in [0.05, 0.1) is 12.2 Å². The van der Waals surface area contributed by atoms with Gasteiger partial charge in [-0.3, -0.25) is 0 Å². The fourth-order valence-electron chi connectivity index (χ4n) is 2.46. The minimum absolute atomic E-state index is 0.0995. The molecule has 1 aliphatic carbocycles. The first-order valence-electron chi connectivity index (χ1n) is 6.47. The van der Waals surface area contributed by atoms with E-state index in [0.29, 0.717) is 17.9 Å². The molecule has 0 amide bonds. The van der Waals surface area contributed by atoms with Gasteiger partial charge in [0.2, 0.25) is 0 Å². The molecular weight excluding hydrogens is 188 g/mol. The number of aliphatic hydroxyl groups excluding tert-OH is 1. The molecule has 15 heavy (non-hydrogen) atoms. The molecule has 0 aliphatic heterocycles. The van der Waals surface area contributed by atoms with E-state index in [-0.39, 0.29) is 6.10 Å². The summed E-state index contributed by atoms with van der Waals surface area (Å²) in [6, 6.07) is 0. The third-order valence-electron chi connectivity index (χ3n) is 3.57. The highest BCUT2D eigenvalue weighted by molar-refractivity contribution is 4.83. The zero-order valence-electron chi connectivity index (χ0n) is 10.4. The lowest BCUT2D eigenvalue weighted by Crippen LogP contribution is -2.35. The van der Waals surface area contributed by atoms with Crippen LogP contribution in [0.5, 0.6) is 0 Å². The molecule has 1 aliphatic rings. The Morgan fingerprint density at radius 2 is 2.00 bits per heavy atom. The predicted octanol–water partition coefficient (Wildman–Crippen LogP) is 2.99. The molecule has 2 heteroatoms. The minimum Gasteiger partial charge on any atom is -0.393 e. The molecule has 0 bridgehead atoms. The van der Waals surface area contributed by atoms with Crippen LogP contribution in [0, 0.1) is 11.8 Å². The third kappa shape index (κ3) is 4.12. The lowest BCUT2D eigenvalue weighted by Gasteiger charge is -2.37. The van der Waals surface area contributed by atoms with Crippen molar-refractivity contribution in [1.29, 1.82) is 0 Å². The van der Waals surface area contributed by atoms with E-state index < -0.39 is 0 Å². The Labute approximate surface area is 94.0 Å². The summed E-state index contributed by atoms with van der Waals surface area (Å²) in [7, 11) is 0. The average molecular weight is 214 g/mol. The number of hydrogen-bond acceptors (Lipinski definition) is 2. The summed E-state index contributed by atoms with van der Waals surface area (Å²) >= 11 is 0. The minimum atomic E-state index is -0.0995. The Morgan fingerprint density at radius 3 is 2.53 bits per heavy atom. The first-order valence-corrected chi connectivity index (χ1v) is 6.47. The van der Waals surface area contributed by atoms with Crippen molar-refractivity contribution in [3.63, 3.8) is 0 Å². The van der Waals surface area contributed by atoms with Gasteiger partial charge in [0.25, 0.3) is 0 Å². The summed E-state index contributed by atoms with van der Waals surface area (Å²) < 4.78 is 5.52. The van der Waals surface area contributed by atoms with Crippen LogP contribution in [0.1, 0.15) is 52.9 Å². The number of rotatable bonds is 7. The van der Waals surface area contributed by atoms with E-state index in [0.717, 1.165) is 32.3 Å². The molecule has 90 valence electrons. The zero-order valence-corrected chi connectivity index (χ0v) is 10.4. The molecule has 0 aromatic heterocycles. The van der Waals surface area contributed by atoms with Gasteiger partial charge >= 0.3 is 0 Å². The first kappa shape index (κ1) is 13.0. The molecule has 2 atom stereocenters. The van der Waals surface area contributed by atoms with E-state index in [1.165, 1.54) is 6.42 Å². The van der Waals surface area contributed by atoms with Crippen LogP contribution in [0.2, 0.25) is 0 Å². The standard InChI is InChI=1S/C13H26O2/c1-4-6-10(3)13(14)9-11-7-12(8-11)15-5-2/h10-14H,4-9H2,1-3H3. The maximum Gasteiger partial charge on any atom is 0.0580 e. The fourth-order valence-corrected chi connectivity index (χ4v) is 2.46. The monoisotopic (exact) mass is 214 g/mol. The van der Waals surface area contributed by atoms with Crippen molar-refractivity contribution in [2.45, 2.75) is 65.1 Å². The Hall–Kier alpha value is -0.0800. The van der Waals surface area contributed by atoms with Crippen molar-refractivity contribution in [2.24, 2.45) is 11.8 Å². The highest BCUT2D eigenvalue weighted by Gasteiger charge is 2.31. The lowest BCUT2D eigenvalue weighted by molar-refractivity contribution is -0.0431. The van der Waals surface area contributed by atoms with Gasteiger partial charge in [0.1, 0.15) is 0 Å². The van der Waals surface area contributed by atoms with Crippen LogP contribution < -0.4 is 0 Å². The normalized spacial score (nSPS) is 29.6. The molecule has 0 heterocycles. The van der Waals surface area contributed by atoms with Gasteiger partial charge in [0, 0.05) is 6.61 Å². The molecule has 1 N–H and O–H groups in total. The maximum atomic E-state index is 9.96. The molecule has 1 saturated carbocycles. The van der Waals surface area contributed by atoms with Crippen molar-refractivity contribution < 1.29 is 9.84 Å². The maximum absolute atomic E-state index is 9.96. The molecule has 1 rings (SSSR count). The van der Waals surface area contributed by atoms with Crippen molar-refractivity contribution in [1.82, 2.24) is 0 Å². The molecule has 2 nitrogen and oxygen atoms in total. The second-order valence-electron chi connectivity index (χ2n) is 4.98. The third-order valence-corrected chi connectivity index (χ3v) is 3.57. The Bertz CT molecular complexity index is 164. The second-order valence-corrected chi connectivity index (χ2v) is 4.98. The van der Waals surface area contributed by atoms with Gasteiger partial charge < -0.3 is 9.84 Å². The largest absolute Gasteiger partial charge is 0.393 e. The highest BCUT2D eigenvalue weighted by atomic mass is 16.5. The molecule has 0 aromatic carbocycles. The van der Waals surface area contributed by atoms with Gasteiger partial charge in [-0.05, 0) is 44.4 Å². The summed E-state index contributed by atoms with van der Waals surface area (Å²) in [5.41, 5.74) is 0. The zero-order chi connectivity index (χ0) is 11.3. The molecule has 1 fully saturated rings.